The van der Waals surface area contributed by atoms with Gasteiger partial charge in [0.25, 0.3) is 0 Å². The van der Waals surface area contributed by atoms with E-state index in [-0.39, 0.29) is 24.0 Å². The molecule has 1 aliphatic rings. The Labute approximate surface area is 136 Å². The van der Waals surface area contributed by atoms with Crippen LogP contribution in [0, 0.1) is 19.8 Å². The van der Waals surface area contributed by atoms with Crippen LogP contribution in [-0.2, 0) is 13.8 Å². The summed E-state index contributed by atoms with van der Waals surface area (Å²) in [6.45, 7) is 4.29. The van der Waals surface area contributed by atoms with Crippen molar-refractivity contribution in [3.05, 3.63) is 16.8 Å². The van der Waals surface area contributed by atoms with Crippen LogP contribution >= 0.6 is 22.0 Å². The van der Waals surface area contributed by atoms with Gasteiger partial charge in [0.2, 0.25) is 15.0 Å². The molecule has 0 aliphatic carbocycles. The first-order valence-electron chi connectivity index (χ1n) is 6.69. The highest BCUT2D eigenvalue weighted by Crippen LogP contribution is 2.36. The zero-order chi connectivity index (χ0) is 16.1. The molecule has 3 heterocycles. The molecule has 0 bridgehead atoms. The second-order valence-electron chi connectivity index (χ2n) is 5.44. The predicted octanol–water partition coefficient (Wildman–Crippen LogP) is 2.23. The summed E-state index contributed by atoms with van der Waals surface area (Å²) in [5, 5.41) is 0.868. The Hall–Kier alpha value is -1.25. The molecule has 1 amide bonds. The van der Waals surface area contributed by atoms with Crippen molar-refractivity contribution >= 4 is 53.0 Å². The number of amides is 1. The minimum atomic E-state index is -3.62. The summed E-state index contributed by atoms with van der Waals surface area (Å²) >= 11 is 1.56. The Bertz CT molecular complexity index is 863. The molecule has 1 saturated heterocycles. The van der Waals surface area contributed by atoms with E-state index in [9.17, 15) is 13.2 Å². The molecule has 1 unspecified atom stereocenters. The van der Waals surface area contributed by atoms with E-state index in [2.05, 4.69) is 9.97 Å². The van der Waals surface area contributed by atoms with E-state index in [4.69, 9.17) is 10.7 Å². The summed E-state index contributed by atoms with van der Waals surface area (Å²) < 4.78 is 22.4. The molecular formula is C13H14ClN3O3S2. The third-order valence-corrected chi connectivity index (χ3v) is 6.20. The van der Waals surface area contributed by atoms with Gasteiger partial charge in [-0.1, -0.05) is 0 Å². The Kier molecular flexibility index (Phi) is 3.86. The van der Waals surface area contributed by atoms with Crippen molar-refractivity contribution in [1.29, 1.82) is 0 Å². The van der Waals surface area contributed by atoms with Crippen LogP contribution in [0.2, 0.25) is 0 Å². The molecule has 1 atom stereocenters. The number of rotatable bonds is 3. The summed E-state index contributed by atoms with van der Waals surface area (Å²) in [6.07, 6.45) is 1.60. The summed E-state index contributed by atoms with van der Waals surface area (Å²) in [7, 11) is 1.68. The molecule has 1 aliphatic heterocycles. The van der Waals surface area contributed by atoms with E-state index in [1.807, 2.05) is 13.8 Å². The molecule has 0 saturated carbocycles. The molecule has 0 spiro atoms. The molecule has 118 valence electrons. The van der Waals surface area contributed by atoms with Gasteiger partial charge in [-0.05, 0) is 19.4 Å². The van der Waals surface area contributed by atoms with Crippen molar-refractivity contribution in [1.82, 2.24) is 9.97 Å². The average Bonchev–Trinajstić information content (AvgIpc) is 2.89. The Balaban J connectivity index is 2.00. The average molecular weight is 360 g/mol. The monoisotopic (exact) mass is 359 g/mol. The fourth-order valence-electron chi connectivity index (χ4n) is 2.75. The first kappa shape index (κ1) is 15.6. The number of carbonyl (C=O) groups excluding carboxylic acids is 1. The lowest BCUT2D eigenvalue weighted by Gasteiger charge is -2.16. The maximum absolute atomic E-state index is 12.3. The number of carbonyl (C=O) groups is 1. The lowest BCUT2D eigenvalue weighted by Crippen LogP contribution is -2.26. The first-order valence-corrected chi connectivity index (χ1v) is 9.99. The molecular weight excluding hydrogens is 346 g/mol. The second-order valence-corrected chi connectivity index (χ2v) is 9.47. The largest absolute Gasteiger partial charge is 0.296 e. The number of aryl methyl sites for hydroxylation is 2. The smallest absolute Gasteiger partial charge is 0.232 e. The highest BCUT2D eigenvalue weighted by atomic mass is 35.7. The number of fused-ring (bicyclic) bond motifs is 1. The SMILES string of the molecule is Cc1sc2ncnc(N3CC(CS(=O)(=O)Cl)CC3=O)c2c1C. The van der Waals surface area contributed by atoms with Crippen LogP contribution in [-0.4, -0.2) is 36.6 Å². The van der Waals surface area contributed by atoms with Crippen LogP contribution in [0.25, 0.3) is 10.2 Å². The van der Waals surface area contributed by atoms with Crippen LogP contribution in [0.3, 0.4) is 0 Å². The summed E-state index contributed by atoms with van der Waals surface area (Å²) in [5.41, 5.74) is 1.05. The van der Waals surface area contributed by atoms with Gasteiger partial charge in [0, 0.05) is 34.4 Å². The van der Waals surface area contributed by atoms with Gasteiger partial charge in [0.1, 0.15) is 17.0 Å². The van der Waals surface area contributed by atoms with Gasteiger partial charge in [-0.25, -0.2) is 18.4 Å². The zero-order valence-electron chi connectivity index (χ0n) is 12.0. The molecule has 0 aromatic carbocycles. The number of nitrogens with zero attached hydrogens (tertiary/aromatic N) is 3. The highest BCUT2D eigenvalue weighted by Gasteiger charge is 2.35. The van der Waals surface area contributed by atoms with Gasteiger partial charge < -0.3 is 0 Å². The van der Waals surface area contributed by atoms with Crippen LogP contribution in [0.5, 0.6) is 0 Å². The molecule has 0 radical (unpaired) electrons. The van der Waals surface area contributed by atoms with Gasteiger partial charge >= 0.3 is 0 Å². The summed E-state index contributed by atoms with van der Waals surface area (Å²) in [5.74, 6) is -0.0768. The predicted molar refractivity (Wildman–Crippen MR) is 87.0 cm³/mol. The maximum atomic E-state index is 12.3. The van der Waals surface area contributed by atoms with E-state index in [1.165, 1.54) is 6.33 Å². The van der Waals surface area contributed by atoms with E-state index < -0.39 is 9.05 Å². The lowest BCUT2D eigenvalue weighted by molar-refractivity contribution is -0.117. The van der Waals surface area contributed by atoms with Gasteiger partial charge in [0.05, 0.1) is 11.1 Å². The molecule has 6 nitrogen and oxygen atoms in total. The molecule has 0 N–H and O–H groups in total. The van der Waals surface area contributed by atoms with E-state index in [0.717, 1.165) is 20.7 Å². The van der Waals surface area contributed by atoms with Crippen LogP contribution in [0.1, 0.15) is 16.9 Å². The van der Waals surface area contributed by atoms with E-state index in [0.29, 0.717) is 12.4 Å². The maximum Gasteiger partial charge on any atom is 0.232 e. The number of hydrogen-bond acceptors (Lipinski definition) is 6. The first-order chi connectivity index (χ1) is 10.3. The number of aromatic nitrogens is 2. The fourth-order valence-corrected chi connectivity index (χ4v) is 5.06. The van der Waals surface area contributed by atoms with Gasteiger partial charge in [-0.3, -0.25) is 9.69 Å². The molecule has 9 heteroatoms. The molecule has 3 rings (SSSR count). The third kappa shape index (κ3) is 2.82. The standard InChI is InChI=1S/C13H14ClN3O3S2/c1-7-8(2)21-13-11(7)12(15-6-16-13)17-4-9(3-10(17)18)5-22(14,19)20/h6,9H,3-5H2,1-2H3. The number of anilines is 1. The zero-order valence-corrected chi connectivity index (χ0v) is 14.4. The summed E-state index contributed by atoms with van der Waals surface area (Å²) in [4.78, 5) is 24.3. The summed E-state index contributed by atoms with van der Waals surface area (Å²) in [6, 6.07) is 0. The number of hydrogen-bond donors (Lipinski definition) is 0. The van der Waals surface area contributed by atoms with E-state index in [1.54, 1.807) is 16.2 Å². The van der Waals surface area contributed by atoms with Gasteiger partial charge in [-0.2, -0.15) is 0 Å². The highest BCUT2D eigenvalue weighted by molar-refractivity contribution is 8.13. The number of thiophene rings is 1. The molecule has 2 aromatic rings. The van der Waals surface area contributed by atoms with Crippen LogP contribution in [0.4, 0.5) is 5.82 Å². The fraction of sp³-hybridized carbons (Fsp3) is 0.462. The van der Waals surface area contributed by atoms with Crippen molar-refractivity contribution < 1.29 is 13.2 Å². The van der Waals surface area contributed by atoms with Crippen molar-refractivity contribution in [2.75, 3.05) is 17.2 Å². The van der Waals surface area contributed by atoms with Crippen molar-refractivity contribution in [3.63, 3.8) is 0 Å². The normalized spacial score (nSPS) is 19.3. The second kappa shape index (κ2) is 5.43. The van der Waals surface area contributed by atoms with Crippen molar-refractivity contribution in [2.45, 2.75) is 20.3 Å². The minimum absolute atomic E-state index is 0.131. The molecule has 1 fully saturated rings. The van der Waals surface area contributed by atoms with Crippen molar-refractivity contribution in [2.24, 2.45) is 5.92 Å². The van der Waals surface area contributed by atoms with Crippen LogP contribution in [0.15, 0.2) is 6.33 Å². The van der Waals surface area contributed by atoms with Gasteiger partial charge in [-0.15, -0.1) is 11.3 Å². The van der Waals surface area contributed by atoms with E-state index >= 15 is 0 Å². The van der Waals surface area contributed by atoms with Crippen molar-refractivity contribution in [3.8, 4) is 0 Å². The Morgan fingerprint density at radius 1 is 1.41 bits per heavy atom. The quantitative estimate of drug-likeness (QED) is 0.785. The Morgan fingerprint density at radius 2 is 2.14 bits per heavy atom. The molecule has 22 heavy (non-hydrogen) atoms. The molecule has 2 aromatic heterocycles. The van der Waals surface area contributed by atoms with Crippen LogP contribution < -0.4 is 4.90 Å². The lowest BCUT2D eigenvalue weighted by atomic mass is 10.1. The Morgan fingerprint density at radius 3 is 2.82 bits per heavy atom. The third-order valence-electron chi connectivity index (χ3n) is 3.84. The topological polar surface area (TPSA) is 80.2 Å². The minimum Gasteiger partial charge on any atom is -0.296 e. The van der Waals surface area contributed by atoms with Gasteiger partial charge in [0.15, 0.2) is 0 Å². The number of halogens is 1.